The van der Waals surface area contributed by atoms with E-state index in [9.17, 15) is 18.4 Å². The standard InChI is InChI=1S/C25H26F2N2O3/c1-17(12-22(19(3)27)13-18(2)26)15-28-24(30)21-10-7-11-23(14-21)29-25(31)32-16-20-8-5-4-6-9-20/h4-11,13-14,17H,2-3,12,15-16H2,1H3,(H,28,30)(H,29,31)/b22-13-. The molecule has 5 nitrogen and oxygen atoms in total. The molecule has 1 atom stereocenters. The van der Waals surface area contributed by atoms with E-state index in [2.05, 4.69) is 23.8 Å². The van der Waals surface area contributed by atoms with Crippen LogP contribution in [0.25, 0.3) is 0 Å². The summed E-state index contributed by atoms with van der Waals surface area (Å²) in [4.78, 5) is 24.5. The van der Waals surface area contributed by atoms with Gasteiger partial charge in [0.1, 0.15) is 18.3 Å². The molecule has 2 aromatic carbocycles. The summed E-state index contributed by atoms with van der Waals surface area (Å²) in [5, 5.41) is 5.33. The zero-order chi connectivity index (χ0) is 23.5. The van der Waals surface area contributed by atoms with Crippen LogP contribution < -0.4 is 10.6 Å². The van der Waals surface area contributed by atoms with Crippen LogP contribution >= 0.6 is 0 Å². The molecule has 7 heteroatoms. The van der Waals surface area contributed by atoms with Crippen molar-refractivity contribution in [1.82, 2.24) is 5.32 Å². The average Bonchev–Trinajstić information content (AvgIpc) is 2.76. The molecule has 2 N–H and O–H groups in total. The van der Waals surface area contributed by atoms with Gasteiger partial charge in [0.2, 0.25) is 0 Å². The van der Waals surface area contributed by atoms with Gasteiger partial charge >= 0.3 is 6.09 Å². The van der Waals surface area contributed by atoms with Gasteiger partial charge in [-0.1, -0.05) is 56.5 Å². The quantitative estimate of drug-likeness (QED) is 0.440. The normalized spacial score (nSPS) is 11.9. The maximum Gasteiger partial charge on any atom is 0.411 e. The zero-order valence-electron chi connectivity index (χ0n) is 17.9. The van der Waals surface area contributed by atoms with Gasteiger partial charge in [0.05, 0.1) is 0 Å². The molecule has 0 saturated heterocycles. The van der Waals surface area contributed by atoms with Crippen LogP contribution in [-0.4, -0.2) is 18.5 Å². The van der Waals surface area contributed by atoms with Crippen LogP contribution in [0.15, 0.2) is 91.1 Å². The van der Waals surface area contributed by atoms with Crippen molar-refractivity contribution in [2.24, 2.45) is 5.92 Å². The molecule has 0 aliphatic carbocycles. The smallest absolute Gasteiger partial charge is 0.411 e. The maximum atomic E-state index is 13.4. The van der Waals surface area contributed by atoms with Crippen molar-refractivity contribution in [3.05, 3.63) is 102 Å². The molecule has 0 bridgehead atoms. The zero-order valence-corrected chi connectivity index (χ0v) is 17.9. The van der Waals surface area contributed by atoms with E-state index < -0.39 is 17.7 Å². The van der Waals surface area contributed by atoms with Gasteiger partial charge in [-0.05, 0) is 47.8 Å². The lowest BCUT2D eigenvalue weighted by Crippen LogP contribution is -2.28. The summed E-state index contributed by atoms with van der Waals surface area (Å²) in [6.45, 7) is 8.44. The first-order valence-electron chi connectivity index (χ1n) is 10.0. The highest BCUT2D eigenvalue weighted by Gasteiger charge is 2.13. The number of amides is 2. The number of allylic oxidation sites excluding steroid dienone is 4. The Hall–Kier alpha value is -3.74. The number of hydrogen-bond donors (Lipinski definition) is 2. The van der Waals surface area contributed by atoms with E-state index in [1.54, 1.807) is 25.1 Å². The molecule has 0 spiro atoms. The third-order valence-corrected chi connectivity index (χ3v) is 4.44. The Kier molecular flexibility index (Phi) is 9.35. The summed E-state index contributed by atoms with van der Waals surface area (Å²) in [7, 11) is 0. The van der Waals surface area contributed by atoms with Gasteiger partial charge in [-0.25, -0.2) is 13.6 Å². The van der Waals surface area contributed by atoms with E-state index in [4.69, 9.17) is 4.74 Å². The van der Waals surface area contributed by atoms with Gasteiger partial charge < -0.3 is 10.1 Å². The van der Waals surface area contributed by atoms with Gasteiger partial charge in [0.15, 0.2) is 0 Å². The summed E-state index contributed by atoms with van der Waals surface area (Å²) < 4.78 is 31.6. The van der Waals surface area contributed by atoms with Crippen molar-refractivity contribution in [2.75, 3.05) is 11.9 Å². The Morgan fingerprint density at radius 3 is 2.47 bits per heavy atom. The first-order chi connectivity index (χ1) is 15.2. The molecule has 0 aliphatic heterocycles. The number of benzene rings is 2. The lowest BCUT2D eigenvalue weighted by Gasteiger charge is -2.14. The molecule has 0 fully saturated rings. The van der Waals surface area contributed by atoms with Gasteiger partial charge in [0, 0.05) is 17.8 Å². The molecule has 2 amide bonds. The first kappa shape index (κ1) is 24.5. The topological polar surface area (TPSA) is 67.4 Å². The SMILES string of the molecule is C=C(F)/C=C(/CC(C)CNC(=O)c1cccc(NC(=O)OCc2ccccc2)c1)C(=C)F. The lowest BCUT2D eigenvalue weighted by atomic mass is 9.99. The maximum absolute atomic E-state index is 13.4. The fourth-order valence-corrected chi connectivity index (χ4v) is 2.87. The monoisotopic (exact) mass is 440 g/mol. The van der Waals surface area contributed by atoms with E-state index >= 15 is 0 Å². The summed E-state index contributed by atoms with van der Waals surface area (Å²) in [5.41, 5.74) is 1.69. The number of carbonyl (C=O) groups is 2. The van der Waals surface area contributed by atoms with Crippen molar-refractivity contribution < 1.29 is 23.1 Å². The molecular weight excluding hydrogens is 414 g/mol. The molecule has 2 aromatic rings. The van der Waals surface area contributed by atoms with Crippen molar-refractivity contribution in [1.29, 1.82) is 0 Å². The number of halogens is 2. The van der Waals surface area contributed by atoms with Crippen LogP contribution in [-0.2, 0) is 11.3 Å². The molecular formula is C25H26F2N2O3. The Morgan fingerprint density at radius 1 is 1.09 bits per heavy atom. The molecule has 0 heterocycles. The van der Waals surface area contributed by atoms with Crippen molar-refractivity contribution in [3.63, 3.8) is 0 Å². The molecule has 2 rings (SSSR count). The minimum atomic E-state index is -0.762. The minimum absolute atomic E-state index is 0.0967. The summed E-state index contributed by atoms with van der Waals surface area (Å²) in [6.07, 6.45) is 0.542. The summed E-state index contributed by atoms with van der Waals surface area (Å²) >= 11 is 0. The average molecular weight is 440 g/mol. The van der Waals surface area contributed by atoms with Gasteiger partial charge in [0.25, 0.3) is 5.91 Å². The highest BCUT2D eigenvalue weighted by atomic mass is 19.1. The Balaban J connectivity index is 1.87. The van der Waals surface area contributed by atoms with Crippen LogP contribution in [0.1, 0.15) is 29.3 Å². The summed E-state index contributed by atoms with van der Waals surface area (Å²) in [5.74, 6) is -2.04. The first-order valence-corrected chi connectivity index (χ1v) is 10.0. The van der Waals surface area contributed by atoms with E-state index in [-0.39, 0.29) is 37.0 Å². The Bertz CT molecular complexity index is 1000. The van der Waals surface area contributed by atoms with Gasteiger partial charge in [-0.15, -0.1) is 0 Å². The van der Waals surface area contributed by atoms with Crippen LogP contribution in [0.5, 0.6) is 0 Å². The third-order valence-electron chi connectivity index (χ3n) is 4.44. The highest BCUT2D eigenvalue weighted by molar-refractivity contribution is 5.96. The molecule has 0 saturated carbocycles. The molecule has 0 radical (unpaired) electrons. The molecule has 0 aliphatic rings. The van der Waals surface area contributed by atoms with Gasteiger partial charge in [-0.2, -0.15) is 0 Å². The predicted molar refractivity (Wildman–Crippen MR) is 121 cm³/mol. The fraction of sp³-hybridized carbons (Fsp3) is 0.200. The Morgan fingerprint density at radius 2 is 1.81 bits per heavy atom. The number of nitrogens with one attached hydrogen (secondary N) is 2. The third kappa shape index (κ3) is 8.55. The second-order valence-corrected chi connectivity index (χ2v) is 7.31. The number of rotatable bonds is 10. The number of carbonyl (C=O) groups excluding carboxylic acids is 2. The van der Waals surface area contributed by atoms with E-state index in [1.807, 2.05) is 30.3 Å². The molecule has 32 heavy (non-hydrogen) atoms. The van der Waals surface area contributed by atoms with Crippen LogP contribution in [0.2, 0.25) is 0 Å². The second-order valence-electron chi connectivity index (χ2n) is 7.31. The van der Waals surface area contributed by atoms with Crippen LogP contribution in [0.4, 0.5) is 19.3 Å². The molecule has 168 valence electrons. The predicted octanol–water partition coefficient (Wildman–Crippen LogP) is 6.08. The van der Waals surface area contributed by atoms with Gasteiger partial charge in [-0.3, -0.25) is 10.1 Å². The fourth-order valence-electron chi connectivity index (χ4n) is 2.87. The second kappa shape index (κ2) is 12.2. The lowest BCUT2D eigenvalue weighted by molar-refractivity contribution is 0.0948. The summed E-state index contributed by atoms with van der Waals surface area (Å²) in [6, 6.07) is 15.6. The van der Waals surface area contributed by atoms with Crippen molar-refractivity contribution in [3.8, 4) is 0 Å². The minimum Gasteiger partial charge on any atom is -0.444 e. The number of hydrogen-bond acceptors (Lipinski definition) is 3. The molecule has 0 aromatic heterocycles. The van der Waals surface area contributed by atoms with Crippen LogP contribution in [0, 0.1) is 5.92 Å². The highest BCUT2D eigenvalue weighted by Crippen LogP contribution is 2.21. The van der Waals surface area contributed by atoms with Crippen molar-refractivity contribution in [2.45, 2.75) is 20.0 Å². The largest absolute Gasteiger partial charge is 0.444 e. The van der Waals surface area contributed by atoms with Crippen molar-refractivity contribution >= 4 is 17.7 Å². The van der Waals surface area contributed by atoms with E-state index in [0.717, 1.165) is 11.6 Å². The Labute approximate surface area is 186 Å². The number of anilines is 1. The molecule has 1 unspecified atom stereocenters. The van der Waals surface area contributed by atoms with E-state index in [0.29, 0.717) is 11.3 Å². The van der Waals surface area contributed by atoms with E-state index in [1.165, 1.54) is 6.07 Å². The van der Waals surface area contributed by atoms with Crippen LogP contribution in [0.3, 0.4) is 0 Å². The number of ether oxygens (including phenoxy) is 1.